The summed E-state index contributed by atoms with van der Waals surface area (Å²) in [7, 11) is 1.75. The standard InChI is InChI=1S/C20H33ClN4O2/c1-4-22-20(24-17-9-11-25(12-10-17)13-14-26-3)23-15-16(2)27-19-8-6-5-7-18(19)21/h5-8,16-17H,4,9-15H2,1-3H3,(H2,22,23,24). The van der Waals surface area contributed by atoms with E-state index in [9.17, 15) is 0 Å². The van der Waals surface area contributed by atoms with Gasteiger partial charge in [-0.1, -0.05) is 23.7 Å². The van der Waals surface area contributed by atoms with Crippen LogP contribution in [0.25, 0.3) is 0 Å². The van der Waals surface area contributed by atoms with E-state index in [4.69, 9.17) is 26.1 Å². The fourth-order valence-corrected chi connectivity index (χ4v) is 3.23. The number of hydrogen-bond donors (Lipinski definition) is 2. The number of nitrogens with one attached hydrogen (secondary N) is 2. The average Bonchev–Trinajstić information content (AvgIpc) is 2.67. The number of methoxy groups -OCH3 is 1. The maximum absolute atomic E-state index is 6.16. The minimum Gasteiger partial charge on any atom is -0.487 e. The number of aliphatic imine (C=N–C) groups is 1. The lowest BCUT2D eigenvalue weighted by atomic mass is 10.1. The van der Waals surface area contributed by atoms with Gasteiger partial charge in [0.05, 0.1) is 18.2 Å². The lowest BCUT2D eigenvalue weighted by molar-refractivity contribution is 0.128. The van der Waals surface area contributed by atoms with Gasteiger partial charge in [0, 0.05) is 39.3 Å². The van der Waals surface area contributed by atoms with Crippen LogP contribution in [0.1, 0.15) is 26.7 Å². The van der Waals surface area contributed by atoms with Crippen molar-refractivity contribution in [1.82, 2.24) is 15.5 Å². The highest BCUT2D eigenvalue weighted by molar-refractivity contribution is 6.32. The van der Waals surface area contributed by atoms with Gasteiger partial charge >= 0.3 is 0 Å². The molecule has 0 aromatic heterocycles. The largest absolute Gasteiger partial charge is 0.487 e. The molecule has 7 heteroatoms. The van der Waals surface area contributed by atoms with Crippen molar-refractivity contribution in [2.24, 2.45) is 4.99 Å². The Morgan fingerprint density at radius 2 is 2.07 bits per heavy atom. The summed E-state index contributed by atoms with van der Waals surface area (Å²) in [5.74, 6) is 1.55. The highest BCUT2D eigenvalue weighted by atomic mass is 35.5. The van der Waals surface area contributed by atoms with E-state index in [1.807, 2.05) is 31.2 Å². The van der Waals surface area contributed by atoms with E-state index < -0.39 is 0 Å². The number of rotatable bonds is 9. The van der Waals surface area contributed by atoms with E-state index in [2.05, 4.69) is 22.5 Å². The molecule has 0 radical (unpaired) electrons. The number of guanidine groups is 1. The lowest BCUT2D eigenvalue weighted by Gasteiger charge is -2.32. The molecule has 1 heterocycles. The molecule has 2 rings (SSSR count). The SMILES string of the molecule is CCNC(=NCC(C)Oc1ccccc1Cl)NC1CCN(CCOC)CC1. The molecule has 0 bridgehead atoms. The molecule has 1 aliphatic rings. The third-order valence-electron chi connectivity index (χ3n) is 4.56. The molecule has 0 spiro atoms. The number of benzene rings is 1. The topological polar surface area (TPSA) is 58.1 Å². The van der Waals surface area contributed by atoms with Gasteiger partial charge in [0.25, 0.3) is 0 Å². The third kappa shape index (κ3) is 7.95. The number of nitrogens with zero attached hydrogens (tertiary/aromatic N) is 2. The molecule has 0 saturated carbocycles. The highest BCUT2D eigenvalue weighted by Gasteiger charge is 2.19. The first kappa shape index (κ1) is 21.8. The quantitative estimate of drug-likeness (QED) is 0.496. The van der Waals surface area contributed by atoms with E-state index in [1.54, 1.807) is 7.11 Å². The fourth-order valence-electron chi connectivity index (χ4n) is 3.05. The summed E-state index contributed by atoms with van der Waals surface area (Å²) in [6.07, 6.45) is 2.16. The summed E-state index contributed by atoms with van der Waals surface area (Å²) >= 11 is 6.16. The number of piperidine rings is 1. The second kappa shape index (κ2) is 12.1. The molecule has 0 aliphatic carbocycles. The molecule has 2 N–H and O–H groups in total. The average molecular weight is 397 g/mol. The minimum atomic E-state index is -0.0590. The Labute approximate surface area is 168 Å². The molecule has 1 saturated heterocycles. The van der Waals surface area contributed by atoms with E-state index >= 15 is 0 Å². The Kier molecular flexibility index (Phi) is 9.73. The first-order valence-corrected chi connectivity index (χ1v) is 10.2. The minimum absolute atomic E-state index is 0.0590. The van der Waals surface area contributed by atoms with E-state index in [-0.39, 0.29) is 6.10 Å². The molecule has 6 nitrogen and oxygen atoms in total. The van der Waals surface area contributed by atoms with Gasteiger partial charge in [-0.05, 0) is 38.8 Å². The molecule has 1 aromatic rings. The van der Waals surface area contributed by atoms with Crippen molar-refractivity contribution in [3.05, 3.63) is 29.3 Å². The van der Waals surface area contributed by atoms with Gasteiger partial charge in [-0.15, -0.1) is 0 Å². The van der Waals surface area contributed by atoms with E-state index in [1.165, 1.54) is 0 Å². The molecule has 27 heavy (non-hydrogen) atoms. The predicted octanol–water partition coefficient (Wildman–Crippen LogP) is 2.77. The molecular weight excluding hydrogens is 364 g/mol. The normalized spacial score (nSPS) is 17.6. The monoisotopic (exact) mass is 396 g/mol. The van der Waals surface area contributed by atoms with Gasteiger partial charge in [-0.2, -0.15) is 0 Å². The Morgan fingerprint density at radius 1 is 1.33 bits per heavy atom. The van der Waals surface area contributed by atoms with E-state index in [0.29, 0.717) is 23.4 Å². The Hall–Kier alpha value is -1.50. The summed E-state index contributed by atoms with van der Waals surface area (Å²) in [6.45, 7) is 9.46. The van der Waals surface area contributed by atoms with Crippen molar-refractivity contribution in [3.63, 3.8) is 0 Å². The molecule has 1 aromatic carbocycles. The predicted molar refractivity (Wildman–Crippen MR) is 112 cm³/mol. The summed E-state index contributed by atoms with van der Waals surface area (Å²) in [5, 5.41) is 7.52. The van der Waals surface area contributed by atoms with Gasteiger partial charge in [-0.25, -0.2) is 4.99 Å². The molecule has 1 fully saturated rings. The van der Waals surface area contributed by atoms with Crippen LogP contribution >= 0.6 is 11.6 Å². The zero-order chi connectivity index (χ0) is 19.5. The number of hydrogen-bond acceptors (Lipinski definition) is 4. The molecule has 152 valence electrons. The lowest BCUT2D eigenvalue weighted by Crippen LogP contribution is -2.49. The second-order valence-electron chi connectivity index (χ2n) is 6.83. The van der Waals surface area contributed by atoms with Crippen LogP contribution in [0, 0.1) is 0 Å². The van der Waals surface area contributed by atoms with Crippen molar-refractivity contribution in [2.75, 3.05) is 46.4 Å². The van der Waals surface area contributed by atoms with Gasteiger partial charge in [0.1, 0.15) is 11.9 Å². The van der Waals surface area contributed by atoms with Crippen molar-refractivity contribution in [3.8, 4) is 5.75 Å². The van der Waals surface area contributed by atoms with Crippen molar-refractivity contribution >= 4 is 17.6 Å². The second-order valence-corrected chi connectivity index (χ2v) is 7.24. The smallest absolute Gasteiger partial charge is 0.191 e. The van der Waals surface area contributed by atoms with Gasteiger partial charge < -0.3 is 25.0 Å². The zero-order valence-electron chi connectivity index (χ0n) is 16.7. The van der Waals surface area contributed by atoms with Crippen molar-refractivity contribution in [2.45, 2.75) is 38.8 Å². The van der Waals surface area contributed by atoms with Crippen LogP contribution in [0.2, 0.25) is 5.02 Å². The Morgan fingerprint density at radius 3 is 2.74 bits per heavy atom. The Bertz CT molecular complexity index is 577. The van der Waals surface area contributed by atoms with E-state index in [0.717, 1.165) is 51.6 Å². The molecular formula is C20H33ClN4O2. The summed E-state index contributed by atoms with van der Waals surface area (Å²) in [6, 6.07) is 7.97. The van der Waals surface area contributed by atoms with Crippen LogP contribution in [0.4, 0.5) is 0 Å². The molecule has 1 atom stereocenters. The van der Waals surface area contributed by atoms with Crippen LogP contribution < -0.4 is 15.4 Å². The summed E-state index contributed by atoms with van der Waals surface area (Å²) in [4.78, 5) is 7.14. The molecule has 1 unspecified atom stereocenters. The summed E-state index contributed by atoms with van der Waals surface area (Å²) < 4.78 is 11.1. The van der Waals surface area contributed by atoms with Gasteiger partial charge in [0.15, 0.2) is 5.96 Å². The van der Waals surface area contributed by atoms with Crippen LogP contribution in [-0.2, 0) is 4.74 Å². The fraction of sp³-hybridized carbons (Fsp3) is 0.650. The maximum atomic E-state index is 6.16. The summed E-state index contributed by atoms with van der Waals surface area (Å²) in [5.41, 5.74) is 0. The molecule has 0 amide bonds. The van der Waals surface area contributed by atoms with Crippen LogP contribution in [0.15, 0.2) is 29.3 Å². The third-order valence-corrected chi connectivity index (χ3v) is 4.87. The van der Waals surface area contributed by atoms with Crippen LogP contribution in [-0.4, -0.2) is 69.4 Å². The molecule has 1 aliphatic heterocycles. The van der Waals surface area contributed by atoms with Crippen LogP contribution in [0.3, 0.4) is 0 Å². The maximum Gasteiger partial charge on any atom is 0.191 e. The van der Waals surface area contributed by atoms with Crippen molar-refractivity contribution < 1.29 is 9.47 Å². The number of likely N-dealkylation sites (tertiary alicyclic amines) is 1. The zero-order valence-corrected chi connectivity index (χ0v) is 17.5. The van der Waals surface area contributed by atoms with Crippen molar-refractivity contribution in [1.29, 1.82) is 0 Å². The first-order valence-electron chi connectivity index (χ1n) is 9.79. The van der Waals surface area contributed by atoms with Crippen LogP contribution in [0.5, 0.6) is 5.75 Å². The number of ether oxygens (including phenoxy) is 2. The van der Waals surface area contributed by atoms with Gasteiger partial charge in [0.2, 0.25) is 0 Å². The van der Waals surface area contributed by atoms with Gasteiger partial charge in [-0.3, -0.25) is 0 Å². The highest BCUT2D eigenvalue weighted by Crippen LogP contribution is 2.24. The number of halogens is 1. The Balaban J connectivity index is 1.81. The number of para-hydroxylation sites is 1. The first-order chi connectivity index (χ1) is 13.1.